The summed E-state index contributed by atoms with van der Waals surface area (Å²) in [7, 11) is 1.62. The van der Waals surface area contributed by atoms with Crippen molar-refractivity contribution in [2.45, 2.75) is 25.8 Å². The highest BCUT2D eigenvalue weighted by molar-refractivity contribution is 5.90. The lowest BCUT2D eigenvalue weighted by Gasteiger charge is -2.21. The van der Waals surface area contributed by atoms with Gasteiger partial charge in [-0.25, -0.2) is 18.3 Å². The van der Waals surface area contributed by atoms with Gasteiger partial charge in [-0.3, -0.25) is 10.2 Å². The number of para-hydroxylation sites is 1. The Bertz CT molecular complexity index is 1460. The number of nitrogens with zero attached hydrogens (tertiary/aromatic N) is 5. The van der Waals surface area contributed by atoms with Crippen LogP contribution in [0.15, 0.2) is 52.9 Å². The average molecular weight is 538 g/mol. The van der Waals surface area contributed by atoms with E-state index in [2.05, 4.69) is 30.8 Å². The van der Waals surface area contributed by atoms with Crippen molar-refractivity contribution in [3.8, 4) is 17.3 Å². The minimum absolute atomic E-state index is 0.242. The minimum atomic E-state index is -0.919. The quantitative estimate of drug-likeness (QED) is 0.349. The van der Waals surface area contributed by atoms with Crippen molar-refractivity contribution >= 4 is 11.8 Å². The van der Waals surface area contributed by atoms with Crippen LogP contribution in [0.1, 0.15) is 22.9 Å². The molecule has 0 radical (unpaired) electrons. The van der Waals surface area contributed by atoms with Crippen molar-refractivity contribution in [1.29, 1.82) is 0 Å². The highest BCUT2D eigenvalue weighted by Gasteiger charge is 2.35. The van der Waals surface area contributed by atoms with Crippen LogP contribution in [0.4, 0.5) is 19.4 Å². The van der Waals surface area contributed by atoms with Crippen LogP contribution in [0.2, 0.25) is 0 Å². The summed E-state index contributed by atoms with van der Waals surface area (Å²) in [6.45, 7) is 5.72. The second-order valence-corrected chi connectivity index (χ2v) is 9.43. The first kappa shape index (κ1) is 26.4. The predicted molar refractivity (Wildman–Crippen MR) is 140 cm³/mol. The SMILES string of the molecule is COCCN1C[C@@H](NC(=O)Nc2c(C)c(-c3nnc(C)o3)nn2-c2ccccc2)[C@H](c2ccc(F)c(F)c2)C1. The van der Waals surface area contributed by atoms with Crippen molar-refractivity contribution in [2.75, 3.05) is 38.7 Å². The molecule has 39 heavy (non-hydrogen) atoms. The molecule has 1 aliphatic rings. The van der Waals surface area contributed by atoms with Gasteiger partial charge < -0.3 is 14.5 Å². The second kappa shape index (κ2) is 11.3. The van der Waals surface area contributed by atoms with Crippen molar-refractivity contribution in [3.05, 3.63) is 77.2 Å². The van der Waals surface area contributed by atoms with Crippen LogP contribution in [-0.4, -0.2) is 70.3 Å². The number of rotatable bonds is 8. The molecule has 2 aromatic carbocycles. The van der Waals surface area contributed by atoms with Gasteiger partial charge in [-0.05, 0) is 36.8 Å². The van der Waals surface area contributed by atoms with E-state index < -0.39 is 17.7 Å². The number of likely N-dealkylation sites (tertiary alicyclic amines) is 1. The molecule has 12 heteroatoms. The first-order valence-electron chi connectivity index (χ1n) is 12.5. The summed E-state index contributed by atoms with van der Waals surface area (Å²) in [5.41, 5.74) is 2.42. The summed E-state index contributed by atoms with van der Waals surface area (Å²) in [5.74, 6) is -1.01. The summed E-state index contributed by atoms with van der Waals surface area (Å²) in [6, 6.07) is 12.4. The van der Waals surface area contributed by atoms with Crippen LogP contribution in [0.5, 0.6) is 0 Å². The number of ether oxygens (including phenoxy) is 1. The maximum absolute atomic E-state index is 14.1. The molecule has 0 unspecified atom stereocenters. The molecule has 2 aromatic heterocycles. The second-order valence-electron chi connectivity index (χ2n) is 9.43. The third kappa shape index (κ3) is 5.66. The lowest BCUT2D eigenvalue weighted by Crippen LogP contribution is -2.42. The summed E-state index contributed by atoms with van der Waals surface area (Å²) < 4.78 is 40.1. The molecule has 2 atom stereocenters. The van der Waals surface area contributed by atoms with Gasteiger partial charge in [-0.15, -0.1) is 10.2 Å². The van der Waals surface area contributed by atoms with Gasteiger partial charge in [0, 0.05) is 45.1 Å². The van der Waals surface area contributed by atoms with E-state index in [1.165, 1.54) is 6.07 Å². The summed E-state index contributed by atoms with van der Waals surface area (Å²) in [6.07, 6.45) is 0. The zero-order valence-electron chi connectivity index (χ0n) is 21.8. The summed E-state index contributed by atoms with van der Waals surface area (Å²) in [4.78, 5) is 15.5. The lowest BCUT2D eigenvalue weighted by molar-refractivity contribution is 0.159. The first-order chi connectivity index (χ1) is 18.8. The number of amides is 2. The lowest BCUT2D eigenvalue weighted by atomic mass is 9.94. The molecule has 1 aliphatic heterocycles. The van der Waals surface area contributed by atoms with Crippen LogP contribution in [0, 0.1) is 25.5 Å². The number of carbonyl (C=O) groups excluding carboxylic acids is 1. The molecule has 1 saturated heterocycles. The Labute approximate surface area is 224 Å². The summed E-state index contributed by atoms with van der Waals surface area (Å²) >= 11 is 0. The van der Waals surface area contributed by atoms with Gasteiger partial charge >= 0.3 is 6.03 Å². The maximum Gasteiger partial charge on any atom is 0.320 e. The largest absolute Gasteiger partial charge is 0.420 e. The Kier molecular flexibility index (Phi) is 7.66. The fraction of sp³-hybridized carbons (Fsp3) is 0.333. The van der Waals surface area contributed by atoms with Crippen LogP contribution in [-0.2, 0) is 4.74 Å². The third-order valence-electron chi connectivity index (χ3n) is 6.78. The fourth-order valence-corrected chi connectivity index (χ4v) is 4.82. The maximum atomic E-state index is 14.1. The fourth-order valence-electron chi connectivity index (χ4n) is 4.82. The van der Waals surface area contributed by atoms with Gasteiger partial charge in [0.1, 0.15) is 5.82 Å². The molecule has 5 rings (SSSR count). The van der Waals surface area contributed by atoms with Gasteiger partial charge in [-0.2, -0.15) is 5.10 Å². The molecule has 204 valence electrons. The molecule has 0 saturated carbocycles. The molecule has 0 aliphatic carbocycles. The van der Waals surface area contributed by atoms with Crippen molar-refractivity contribution in [1.82, 2.24) is 30.2 Å². The van der Waals surface area contributed by atoms with Gasteiger partial charge in [-0.1, -0.05) is 24.3 Å². The average Bonchev–Trinajstić information content (AvgIpc) is 3.62. The first-order valence-corrected chi connectivity index (χ1v) is 12.5. The molecule has 2 N–H and O–H groups in total. The number of urea groups is 1. The van der Waals surface area contributed by atoms with E-state index in [1.54, 1.807) is 24.8 Å². The Morgan fingerprint density at radius 1 is 1.10 bits per heavy atom. The van der Waals surface area contributed by atoms with E-state index in [1.807, 2.05) is 37.3 Å². The Balaban J connectivity index is 1.42. The Morgan fingerprint density at radius 3 is 2.59 bits per heavy atom. The van der Waals surface area contributed by atoms with Gasteiger partial charge in [0.05, 0.1) is 18.3 Å². The summed E-state index contributed by atoms with van der Waals surface area (Å²) in [5, 5.41) is 18.6. The molecule has 0 spiro atoms. The van der Waals surface area contributed by atoms with E-state index >= 15 is 0 Å². The van der Waals surface area contributed by atoms with Crippen molar-refractivity contribution < 1.29 is 22.7 Å². The number of methoxy groups -OCH3 is 1. The van der Waals surface area contributed by atoms with Crippen molar-refractivity contribution in [3.63, 3.8) is 0 Å². The zero-order chi connectivity index (χ0) is 27.5. The molecular weight excluding hydrogens is 508 g/mol. The normalized spacial score (nSPS) is 17.5. The highest BCUT2D eigenvalue weighted by atomic mass is 19.2. The van der Waals surface area contributed by atoms with Crippen molar-refractivity contribution in [2.24, 2.45) is 0 Å². The smallest absolute Gasteiger partial charge is 0.320 e. The van der Waals surface area contributed by atoms with Gasteiger partial charge in [0.15, 0.2) is 17.3 Å². The van der Waals surface area contributed by atoms with E-state index in [4.69, 9.17) is 9.15 Å². The van der Waals surface area contributed by atoms with E-state index in [9.17, 15) is 13.6 Å². The number of carbonyl (C=O) groups is 1. The third-order valence-corrected chi connectivity index (χ3v) is 6.78. The van der Waals surface area contributed by atoms with Crippen LogP contribution < -0.4 is 10.6 Å². The van der Waals surface area contributed by atoms with Crippen LogP contribution in [0.3, 0.4) is 0 Å². The topological polar surface area (TPSA) is 110 Å². The molecule has 0 bridgehead atoms. The minimum Gasteiger partial charge on any atom is -0.420 e. The Hall–Kier alpha value is -4.16. The number of hydrogen-bond donors (Lipinski definition) is 2. The molecule has 2 amide bonds. The number of anilines is 1. The zero-order valence-corrected chi connectivity index (χ0v) is 21.8. The molecule has 3 heterocycles. The van der Waals surface area contributed by atoms with Crippen LogP contribution >= 0.6 is 0 Å². The standard InChI is InChI=1S/C27H29F2N7O3/c1-16-24(26-33-32-17(2)39-26)34-36(19-7-5-4-6-8-19)25(16)31-27(37)30-23-15-35(11-12-38-3)14-20(23)18-9-10-21(28)22(29)13-18/h4-10,13,20,23H,11-12,14-15H2,1-3H3,(H2,30,31,37)/t20-,23+/m0/s1. The number of aromatic nitrogens is 4. The predicted octanol–water partition coefficient (Wildman–Crippen LogP) is 4.05. The highest BCUT2D eigenvalue weighted by Crippen LogP contribution is 2.31. The van der Waals surface area contributed by atoms with Crippen LogP contribution in [0.25, 0.3) is 17.3 Å². The number of nitrogens with one attached hydrogen (secondary N) is 2. The monoisotopic (exact) mass is 537 g/mol. The number of hydrogen-bond acceptors (Lipinski definition) is 7. The number of aryl methyl sites for hydroxylation is 1. The molecule has 4 aromatic rings. The Morgan fingerprint density at radius 2 is 1.90 bits per heavy atom. The van der Waals surface area contributed by atoms with E-state index in [0.717, 1.165) is 11.8 Å². The molecule has 10 nitrogen and oxygen atoms in total. The number of benzene rings is 2. The number of halogens is 2. The molecule has 1 fully saturated rings. The molecular formula is C27H29F2N7O3. The van der Waals surface area contributed by atoms with E-state index in [0.29, 0.717) is 54.8 Å². The van der Waals surface area contributed by atoms with Gasteiger partial charge in [0.2, 0.25) is 5.89 Å². The van der Waals surface area contributed by atoms with E-state index in [-0.39, 0.29) is 17.9 Å². The van der Waals surface area contributed by atoms with Gasteiger partial charge in [0.25, 0.3) is 5.89 Å².